The summed E-state index contributed by atoms with van der Waals surface area (Å²) in [7, 11) is 1.54. The number of hydrogen-bond acceptors (Lipinski definition) is 7. The van der Waals surface area contributed by atoms with Crippen LogP contribution in [0.5, 0.6) is 0 Å². The number of anilines is 1. The Morgan fingerprint density at radius 3 is 2.78 bits per heavy atom. The molecule has 1 aromatic carbocycles. The van der Waals surface area contributed by atoms with E-state index < -0.39 is 0 Å². The summed E-state index contributed by atoms with van der Waals surface area (Å²) in [6, 6.07) is 5.12. The first kappa shape index (κ1) is 21.1. The van der Waals surface area contributed by atoms with Crippen LogP contribution in [0.1, 0.15) is 38.7 Å². The maximum atomic E-state index is 11.9. The zero-order valence-corrected chi connectivity index (χ0v) is 16.4. The highest BCUT2D eigenvalue weighted by Gasteiger charge is 2.31. The monoisotopic (exact) mass is 380 g/mol. The molecule has 0 bridgehead atoms. The van der Waals surface area contributed by atoms with Crippen molar-refractivity contribution in [1.82, 2.24) is 0 Å². The van der Waals surface area contributed by atoms with E-state index in [9.17, 15) is 14.9 Å². The van der Waals surface area contributed by atoms with Gasteiger partial charge in [0.2, 0.25) is 0 Å². The average molecular weight is 380 g/mol. The Kier molecular flexibility index (Phi) is 7.15. The standard InChI is InChI=1S/C19H28N2O6/c1-5-26-18(22)11-15(12-25-4)14-6-7-16(17(10-14)21(23)24)20-8-9-27-19(2,3)13-20/h6-7,10,15H,5,8-9,11-13H2,1-4H3. The molecule has 1 aliphatic heterocycles. The van der Waals surface area contributed by atoms with Gasteiger partial charge in [-0.3, -0.25) is 14.9 Å². The fourth-order valence-corrected chi connectivity index (χ4v) is 3.33. The summed E-state index contributed by atoms with van der Waals surface area (Å²) in [5.74, 6) is -0.649. The molecule has 1 saturated heterocycles. The molecular weight excluding hydrogens is 352 g/mol. The number of hydrogen-bond donors (Lipinski definition) is 0. The van der Waals surface area contributed by atoms with Crippen LogP contribution in [0.2, 0.25) is 0 Å². The molecule has 1 heterocycles. The molecule has 150 valence electrons. The van der Waals surface area contributed by atoms with Crippen LogP contribution in [-0.2, 0) is 19.0 Å². The highest BCUT2D eigenvalue weighted by Crippen LogP contribution is 2.35. The fraction of sp³-hybridized carbons (Fsp3) is 0.632. The number of carbonyl (C=O) groups is 1. The normalized spacial score (nSPS) is 17.4. The summed E-state index contributed by atoms with van der Waals surface area (Å²) in [5.41, 5.74) is 0.906. The van der Waals surface area contributed by atoms with Gasteiger partial charge in [-0.25, -0.2) is 0 Å². The van der Waals surface area contributed by atoms with Crippen molar-refractivity contribution in [2.75, 3.05) is 44.9 Å². The van der Waals surface area contributed by atoms with Crippen molar-refractivity contribution < 1.29 is 23.9 Å². The second-order valence-corrected chi connectivity index (χ2v) is 7.20. The Hall–Kier alpha value is -2.19. The van der Waals surface area contributed by atoms with Crippen LogP contribution in [-0.4, -0.2) is 56.5 Å². The highest BCUT2D eigenvalue weighted by atomic mass is 16.6. The van der Waals surface area contributed by atoms with E-state index in [1.165, 1.54) is 7.11 Å². The quantitative estimate of drug-likeness (QED) is 0.389. The number of nitrogens with zero attached hydrogens (tertiary/aromatic N) is 2. The van der Waals surface area contributed by atoms with E-state index in [2.05, 4.69) is 0 Å². The van der Waals surface area contributed by atoms with Gasteiger partial charge in [-0.15, -0.1) is 0 Å². The Morgan fingerprint density at radius 1 is 1.44 bits per heavy atom. The first-order valence-corrected chi connectivity index (χ1v) is 9.09. The Morgan fingerprint density at radius 2 is 2.19 bits per heavy atom. The van der Waals surface area contributed by atoms with E-state index in [-0.39, 0.29) is 41.1 Å². The SMILES string of the molecule is CCOC(=O)CC(COC)c1ccc(N2CCOC(C)(C)C2)c([N+](=O)[O-])c1. The van der Waals surface area contributed by atoms with E-state index in [1.54, 1.807) is 19.1 Å². The first-order valence-electron chi connectivity index (χ1n) is 9.09. The second kappa shape index (κ2) is 9.14. The third-order valence-corrected chi connectivity index (χ3v) is 4.52. The molecule has 0 radical (unpaired) electrons. The molecule has 8 heteroatoms. The Bertz CT molecular complexity index is 676. The van der Waals surface area contributed by atoms with Crippen LogP contribution in [0, 0.1) is 10.1 Å². The van der Waals surface area contributed by atoms with Crippen LogP contribution in [0.3, 0.4) is 0 Å². The number of nitro benzene ring substituents is 1. The molecule has 0 amide bonds. The lowest BCUT2D eigenvalue weighted by molar-refractivity contribution is -0.384. The lowest BCUT2D eigenvalue weighted by Gasteiger charge is -2.39. The lowest BCUT2D eigenvalue weighted by Crippen LogP contribution is -2.48. The zero-order chi connectivity index (χ0) is 20.0. The molecule has 0 aliphatic carbocycles. The molecule has 2 rings (SSSR count). The van der Waals surface area contributed by atoms with Crippen molar-refractivity contribution in [3.05, 3.63) is 33.9 Å². The maximum absolute atomic E-state index is 11.9. The molecule has 1 aliphatic rings. The summed E-state index contributed by atoms with van der Waals surface area (Å²) < 4.78 is 15.9. The predicted molar refractivity (Wildman–Crippen MR) is 101 cm³/mol. The summed E-state index contributed by atoms with van der Waals surface area (Å²) in [6.45, 7) is 7.92. The number of nitro groups is 1. The number of morpholine rings is 1. The Labute approximate surface area is 159 Å². The third kappa shape index (κ3) is 5.64. The molecule has 0 saturated carbocycles. The highest BCUT2D eigenvalue weighted by molar-refractivity contribution is 5.71. The summed E-state index contributed by atoms with van der Waals surface area (Å²) in [5, 5.41) is 11.7. The van der Waals surface area contributed by atoms with Gasteiger partial charge in [0.05, 0.1) is 36.8 Å². The molecule has 1 atom stereocenters. The maximum Gasteiger partial charge on any atom is 0.306 e. The minimum absolute atomic E-state index is 0.0233. The number of esters is 1. The van der Waals surface area contributed by atoms with E-state index in [0.717, 1.165) is 0 Å². The van der Waals surface area contributed by atoms with Crippen molar-refractivity contribution in [3.8, 4) is 0 Å². The fourth-order valence-electron chi connectivity index (χ4n) is 3.33. The minimum Gasteiger partial charge on any atom is -0.466 e. The topological polar surface area (TPSA) is 91.1 Å². The van der Waals surface area contributed by atoms with Crippen molar-refractivity contribution >= 4 is 17.3 Å². The summed E-state index contributed by atoms with van der Waals surface area (Å²) >= 11 is 0. The molecule has 27 heavy (non-hydrogen) atoms. The van der Waals surface area contributed by atoms with Crippen LogP contribution in [0.25, 0.3) is 0 Å². The number of ether oxygens (including phenoxy) is 3. The molecule has 0 spiro atoms. The summed E-state index contributed by atoms with van der Waals surface area (Å²) in [4.78, 5) is 25.2. The van der Waals surface area contributed by atoms with Gasteiger partial charge in [0.15, 0.2) is 0 Å². The second-order valence-electron chi connectivity index (χ2n) is 7.20. The van der Waals surface area contributed by atoms with Crippen molar-refractivity contribution in [1.29, 1.82) is 0 Å². The van der Waals surface area contributed by atoms with Crippen molar-refractivity contribution in [3.63, 3.8) is 0 Å². The van der Waals surface area contributed by atoms with Gasteiger partial charge in [-0.2, -0.15) is 0 Å². The van der Waals surface area contributed by atoms with Gasteiger partial charge < -0.3 is 19.1 Å². The number of carbonyl (C=O) groups excluding carboxylic acids is 1. The smallest absolute Gasteiger partial charge is 0.306 e. The van der Waals surface area contributed by atoms with Crippen molar-refractivity contribution in [2.45, 2.75) is 38.7 Å². The number of benzene rings is 1. The van der Waals surface area contributed by atoms with E-state index in [1.807, 2.05) is 24.8 Å². The van der Waals surface area contributed by atoms with E-state index >= 15 is 0 Å². The van der Waals surface area contributed by atoms with Crippen LogP contribution >= 0.6 is 0 Å². The predicted octanol–water partition coefficient (Wildman–Crippen LogP) is 2.89. The molecule has 8 nitrogen and oxygen atoms in total. The summed E-state index contributed by atoms with van der Waals surface area (Å²) in [6.07, 6.45) is 0.114. The van der Waals surface area contributed by atoms with Gasteiger partial charge >= 0.3 is 5.97 Å². The zero-order valence-electron chi connectivity index (χ0n) is 16.4. The lowest BCUT2D eigenvalue weighted by atomic mass is 9.95. The van der Waals surface area contributed by atoms with Crippen LogP contribution in [0.4, 0.5) is 11.4 Å². The molecule has 1 aromatic rings. The van der Waals surface area contributed by atoms with Crippen LogP contribution in [0.15, 0.2) is 18.2 Å². The third-order valence-electron chi connectivity index (χ3n) is 4.52. The van der Waals surface area contributed by atoms with E-state index in [4.69, 9.17) is 14.2 Å². The molecular formula is C19H28N2O6. The average Bonchev–Trinajstić information content (AvgIpc) is 2.60. The van der Waals surface area contributed by atoms with Gasteiger partial charge in [-0.1, -0.05) is 6.07 Å². The Balaban J connectivity index is 2.32. The minimum atomic E-state index is -0.379. The molecule has 1 fully saturated rings. The first-order chi connectivity index (χ1) is 12.8. The van der Waals surface area contributed by atoms with Gasteiger partial charge in [-0.05, 0) is 32.4 Å². The number of rotatable bonds is 8. The van der Waals surface area contributed by atoms with Gasteiger partial charge in [0.25, 0.3) is 5.69 Å². The molecule has 0 N–H and O–H groups in total. The number of methoxy groups -OCH3 is 1. The van der Waals surface area contributed by atoms with E-state index in [0.29, 0.717) is 37.6 Å². The van der Waals surface area contributed by atoms with Crippen molar-refractivity contribution in [2.24, 2.45) is 0 Å². The molecule has 0 aromatic heterocycles. The van der Waals surface area contributed by atoms with Crippen LogP contribution < -0.4 is 4.90 Å². The van der Waals surface area contributed by atoms with Gasteiger partial charge in [0, 0.05) is 32.2 Å². The largest absolute Gasteiger partial charge is 0.466 e. The van der Waals surface area contributed by atoms with Gasteiger partial charge in [0.1, 0.15) is 5.69 Å². The molecule has 1 unspecified atom stereocenters.